The average molecular weight is 439 g/mol. The predicted molar refractivity (Wildman–Crippen MR) is 103 cm³/mol. The van der Waals surface area contributed by atoms with Crippen LogP contribution in [0.25, 0.3) is 5.69 Å². The summed E-state index contributed by atoms with van der Waals surface area (Å²) in [4.78, 5) is 27.6. The van der Waals surface area contributed by atoms with Crippen molar-refractivity contribution in [2.75, 3.05) is 17.2 Å². The van der Waals surface area contributed by atoms with Crippen molar-refractivity contribution in [2.24, 2.45) is 5.73 Å². The van der Waals surface area contributed by atoms with Crippen LogP contribution in [0.5, 0.6) is 0 Å². The number of nitrogens with one attached hydrogen (secondary N) is 2. The second-order valence-corrected chi connectivity index (χ2v) is 6.46. The molecule has 4 N–H and O–H groups in total. The van der Waals surface area contributed by atoms with Crippen molar-refractivity contribution < 1.29 is 22.8 Å². The van der Waals surface area contributed by atoms with Crippen LogP contribution in [0.4, 0.5) is 24.5 Å². The van der Waals surface area contributed by atoms with Gasteiger partial charge in [0.05, 0.1) is 29.0 Å². The van der Waals surface area contributed by atoms with Crippen molar-refractivity contribution in [1.82, 2.24) is 14.8 Å². The molecule has 8 nitrogen and oxygen atoms in total. The Kier molecular flexibility index (Phi) is 5.92. The van der Waals surface area contributed by atoms with Crippen LogP contribution >= 0.6 is 11.6 Å². The molecule has 0 aliphatic carbocycles. The Morgan fingerprint density at radius 3 is 2.53 bits per heavy atom. The molecule has 0 radical (unpaired) electrons. The standard InChI is InChI=1S/C18H14ClF3N6O2/c19-11-2-3-13(12(6-11)17(23)30)25-7-16(29)27-14-5-10(18(20,21)22)1-4-15(14)28-9-24-8-26-28/h1-6,8-9,25H,7H2,(H2,23,30)(H,27,29). The molecule has 0 aliphatic rings. The molecule has 2 aromatic carbocycles. The minimum Gasteiger partial charge on any atom is -0.375 e. The smallest absolute Gasteiger partial charge is 0.375 e. The maximum absolute atomic E-state index is 13.1. The summed E-state index contributed by atoms with van der Waals surface area (Å²) >= 11 is 5.83. The molecule has 1 heterocycles. The first-order valence-corrected chi connectivity index (χ1v) is 8.72. The van der Waals surface area contributed by atoms with E-state index in [1.165, 1.54) is 41.6 Å². The Morgan fingerprint density at radius 2 is 1.90 bits per heavy atom. The quantitative estimate of drug-likeness (QED) is 0.547. The Hall–Kier alpha value is -3.60. The summed E-state index contributed by atoms with van der Waals surface area (Å²) in [6.45, 7) is -0.352. The number of alkyl halides is 3. The van der Waals surface area contributed by atoms with Gasteiger partial charge in [-0.25, -0.2) is 9.67 Å². The highest BCUT2D eigenvalue weighted by molar-refractivity contribution is 6.31. The van der Waals surface area contributed by atoms with E-state index in [9.17, 15) is 22.8 Å². The lowest BCUT2D eigenvalue weighted by Crippen LogP contribution is -2.24. The zero-order valence-electron chi connectivity index (χ0n) is 15.1. The molecule has 0 unspecified atom stereocenters. The van der Waals surface area contributed by atoms with Crippen LogP contribution < -0.4 is 16.4 Å². The molecule has 0 bridgehead atoms. The van der Waals surface area contributed by atoms with Crippen LogP contribution in [0, 0.1) is 0 Å². The molecular formula is C18H14ClF3N6O2. The first-order chi connectivity index (χ1) is 14.1. The molecule has 3 aromatic rings. The highest BCUT2D eigenvalue weighted by atomic mass is 35.5. The number of primary amides is 1. The fourth-order valence-electron chi connectivity index (χ4n) is 2.59. The minimum atomic E-state index is -4.60. The van der Waals surface area contributed by atoms with E-state index in [1.807, 2.05) is 0 Å². The van der Waals surface area contributed by atoms with Crippen LogP contribution in [-0.2, 0) is 11.0 Å². The number of anilines is 2. The number of carbonyl (C=O) groups is 2. The maximum atomic E-state index is 13.1. The van der Waals surface area contributed by atoms with E-state index >= 15 is 0 Å². The molecule has 0 saturated carbocycles. The zero-order valence-corrected chi connectivity index (χ0v) is 15.8. The number of nitrogens with zero attached hydrogens (tertiary/aromatic N) is 3. The summed E-state index contributed by atoms with van der Waals surface area (Å²) in [5.74, 6) is -1.42. The zero-order chi connectivity index (χ0) is 21.9. The fourth-order valence-corrected chi connectivity index (χ4v) is 2.76. The number of hydrogen-bond donors (Lipinski definition) is 3. The summed E-state index contributed by atoms with van der Waals surface area (Å²) in [6.07, 6.45) is -2.11. The molecule has 0 atom stereocenters. The number of amides is 2. The molecule has 2 amide bonds. The monoisotopic (exact) mass is 438 g/mol. The van der Waals surface area contributed by atoms with Gasteiger partial charge in [0, 0.05) is 10.7 Å². The van der Waals surface area contributed by atoms with Gasteiger partial charge in [0.15, 0.2) is 0 Å². The number of halogens is 4. The average Bonchev–Trinajstić information content (AvgIpc) is 3.20. The van der Waals surface area contributed by atoms with E-state index in [4.69, 9.17) is 17.3 Å². The first kappa shape index (κ1) is 21.1. The third-order valence-corrected chi connectivity index (χ3v) is 4.19. The Bertz CT molecular complexity index is 1090. The molecule has 0 spiro atoms. The molecule has 12 heteroatoms. The van der Waals surface area contributed by atoms with Gasteiger partial charge in [-0.2, -0.15) is 18.3 Å². The number of rotatable bonds is 6. The van der Waals surface area contributed by atoms with E-state index in [1.54, 1.807) is 0 Å². The largest absolute Gasteiger partial charge is 0.416 e. The van der Waals surface area contributed by atoms with Crippen LogP contribution in [-0.4, -0.2) is 33.1 Å². The third kappa shape index (κ3) is 4.87. The maximum Gasteiger partial charge on any atom is 0.416 e. The topological polar surface area (TPSA) is 115 Å². The van der Waals surface area contributed by atoms with E-state index < -0.39 is 23.6 Å². The van der Waals surface area contributed by atoms with Gasteiger partial charge in [-0.05, 0) is 36.4 Å². The number of benzene rings is 2. The molecule has 3 rings (SSSR count). The lowest BCUT2D eigenvalue weighted by molar-refractivity contribution is -0.137. The summed E-state index contributed by atoms with van der Waals surface area (Å²) < 4.78 is 40.5. The predicted octanol–water partition coefficient (Wildman–Crippen LogP) is 3.09. The third-order valence-electron chi connectivity index (χ3n) is 3.95. The highest BCUT2D eigenvalue weighted by Gasteiger charge is 2.31. The van der Waals surface area contributed by atoms with Crippen molar-refractivity contribution in [2.45, 2.75) is 6.18 Å². The van der Waals surface area contributed by atoms with Gasteiger partial charge in [-0.1, -0.05) is 11.6 Å². The van der Waals surface area contributed by atoms with Crippen molar-refractivity contribution >= 4 is 34.8 Å². The molecular weight excluding hydrogens is 425 g/mol. The lowest BCUT2D eigenvalue weighted by Gasteiger charge is -2.15. The number of aromatic nitrogens is 3. The van der Waals surface area contributed by atoms with Gasteiger partial charge in [-0.3, -0.25) is 9.59 Å². The Morgan fingerprint density at radius 1 is 1.13 bits per heavy atom. The van der Waals surface area contributed by atoms with Crippen LogP contribution in [0.15, 0.2) is 49.1 Å². The molecule has 0 saturated heterocycles. The van der Waals surface area contributed by atoms with Gasteiger partial charge in [0.2, 0.25) is 5.91 Å². The SMILES string of the molecule is NC(=O)c1cc(Cl)ccc1NCC(=O)Nc1cc(C(F)(F)F)ccc1-n1cncn1. The second-order valence-electron chi connectivity index (χ2n) is 6.03. The molecule has 1 aromatic heterocycles. The molecule has 156 valence electrons. The Labute approximate surface area is 172 Å². The normalized spacial score (nSPS) is 11.2. The summed E-state index contributed by atoms with van der Waals surface area (Å²) in [5, 5.41) is 9.27. The van der Waals surface area contributed by atoms with Crippen LogP contribution in [0.2, 0.25) is 5.02 Å². The second kappa shape index (κ2) is 8.41. The molecule has 0 fully saturated rings. The van der Waals surface area contributed by atoms with Crippen LogP contribution in [0.3, 0.4) is 0 Å². The summed E-state index contributed by atoms with van der Waals surface area (Å²) in [7, 11) is 0. The number of nitrogens with two attached hydrogens (primary N) is 1. The van der Waals surface area contributed by atoms with Gasteiger partial charge >= 0.3 is 6.18 Å². The van der Waals surface area contributed by atoms with Crippen LogP contribution in [0.1, 0.15) is 15.9 Å². The fraction of sp³-hybridized carbons (Fsp3) is 0.111. The van der Waals surface area contributed by atoms with E-state index in [0.29, 0.717) is 0 Å². The van der Waals surface area contributed by atoms with Gasteiger partial charge in [-0.15, -0.1) is 0 Å². The van der Waals surface area contributed by atoms with Crippen molar-refractivity contribution in [3.63, 3.8) is 0 Å². The summed E-state index contributed by atoms with van der Waals surface area (Å²) in [6, 6.07) is 7.12. The van der Waals surface area contributed by atoms with Crippen molar-refractivity contribution in [3.05, 3.63) is 65.2 Å². The van der Waals surface area contributed by atoms with E-state index in [2.05, 4.69) is 20.7 Å². The van der Waals surface area contributed by atoms with Gasteiger partial charge in [0.25, 0.3) is 5.91 Å². The van der Waals surface area contributed by atoms with Gasteiger partial charge in [0.1, 0.15) is 12.7 Å². The number of carbonyl (C=O) groups excluding carboxylic acids is 2. The molecule has 30 heavy (non-hydrogen) atoms. The Balaban J connectivity index is 1.82. The van der Waals surface area contributed by atoms with Crippen molar-refractivity contribution in [1.29, 1.82) is 0 Å². The highest BCUT2D eigenvalue weighted by Crippen LogP contribution is 2.33. The van der Waals surface area contributed by atoms with Gasteiger partial charge < -0.3 is 16.4 Å². The minimum absolute atomic E-state index is 0.0673. The van der Waals surface area contributed by atoms with Crippen molar-refractivity contribution in [3.8, 4) is 5.69 Å². The van der Waals surface area contributed by atoms with E-state index in [-0.39, 0.29) is 34.2 Å². The van der Waals surface area contributed by atoms with E-state index in [0.717, 1.165) is 12.1 Å². The lowest BCUT2D eigenvalue weighted by atomic mass is 10.1. The molecule has 0 aliphatic heterocycles. The summed E-state index contributed by atoms with van der Waals surface area (Å²) in [5.41, 5.74) is 4.74. The number of hydrogen-bond acceptors (Lipinski definition) is 5. The first-order valence-electron chi connectivity index (χ1n) is 8.34.